The molecule has 8 heteroatoms. The second kappa shape index (κ2) is 13.5. The van der Waals surface area contributed by atoms with Crippen LogP contribution in [0.15, 0.2) is 54.6 Å². The highest BCUT2D eigenvalue weighted by Gasteiger charge is 2.35. The Kier molecular flexibility index (Phi) is 10.4. The maximum Gasteiger partial charge on any atom is 0.308 e. The fraction of sp³-hybridized carbons (Fsp3) is 0.483. The summed E-state index contributed by atoms with van der Waals surface area (Å²) in [4.78, 5) is 30.3. The predicted octanol–water partition coefficient (Wildman–Crippen LogP) is 4.41. The zero-order valence-corrected chi connectivity index (χ0v) is 22.4. The van der Waals surface area contributed by atoms with Crippen LogP contribution in [0.3, 0.4) is 0 Å². The summed E-state index contributed by atoms with van der Waals surface area (Å²) in [5.41, 5.74) is 8.64. The second-order valence-electron chi connectivity index (χ2n) is 10.0. The number of carbonyl (C=O) groups excluding carboxylic acids is 2. The molecular formula is C29H39ClN4O3. The molecule has 1 aliphatic heterocycles. The third kappa shape index (κ3) is 7.25. The van der Waals surface area contributed by atoms with Crippen LogP contribution in [0.2, 0.25) is 0 Å². The molecule has 1 amide bonds. The summed E-state index contributed by atoms with van der Waals surface area (Å²) in [7, 11) is 1.45. The van der Waals surface area contributed by atoms with Crippen molar-refractivity contribution in [1.29, 1.82) is 5.41 Å². The number of nitrogens with zero attached hydrogens (tertiary/aromatic N) is 2. The van der Waals surface area contributed by atoms with Crippen molar-refractivity contribution in [3.8, 4) is 0 Å². The summed E-state index contributed by atoms with van der Waals surface area (Å²) >= 11 is 0. The van der Waals surface area contributed by atoms with Gasteiger partial charge in [0.15, 0.2) is 0 Å². The lowest BCUT2D eigenvalue weighted by Crippen LogP contribution is -2.49. The molecule has 2 aromatic carbocycles. The fourth-order valence-corrected chi connectivity index (χ4v) is 5.63. The number of hydrogen-bond donors (Lipinski definition) is 2. The summed E-state index contributed by atoms with van der Waals surface area (Å²) in [5.74, 6) is 0.183. The van der Waals surface area contributed by atoms with E-state index in [-0.39, 0.29) is 48.0 Å². The number of methoxy groups -OCH3 is 1. The van der Waals surface area contributed by atoms with E-state index >= 15 is 0 Å². The number of amides is 1. The Labute approximate surface area is 226 Å². The summed E-state index contributed by atoms with van der Waals surface area (Å²) < 4.78 is 4.96. The molecule has 2 aliphatic rings. The van der Waals surface area contributed by atoms with E-state index in [2.05, 4.69) is 21.9 Å². The van der Waals surface area contributed by atoms with E-state index in [0.717, 1.165) is 69.3 Å². The first kappa shape index (κ1) is 28.5. The molecular weight excluding hydrogens is 488 g/mol. The van der Waals surface area contributed by atoms with Gasteiger partial charge < -0.3 is 20.3 Å². The van der Waals surface area contributed by atoms with Gasteiger partial charge >= 0.3 is 5.97 Å². The van der Waals surface area contributed by atoms with Crippen LogP contribution in [0.5, 0.6) is 0 Å². The van der Waals surface area contributed by atoms with Gasteiger partial charge in [-0.3, -0.25) is 15.0 Å². The minimum atomic E-state index is -0.126. The van der Waals surface area contributed by atoms with Crippen LogP contribution < -0.4 is 10.6 Å². The van der Waals surface area contributed by atoms with Crippen LogP contribution in [-0.4, -0.2) is 55.4 Å². The van der Waals surface area contributed by atoms with Crippen molar-refractivity contribution in [2.45, 2.75) is 51.0 Å². The smallest absolute Gasteiger partial charge is 0.308 e. The Morgan fingerprint density at radius 2 is 1.57 bits per heavy atom. The third-order valence-corrected chi connectivity index (χ3v) is 7.83. The first-order valence-corrected chi connectivity index (χ1v) is 13.1. The molecule has 0 spiro atoms. The number of amidine groups is 1. The minimum absolute atomic E-state index is 0. The van der Waals surface area contributed by atoms with Crippen LogP contribution in [0.25, 0.3) is 0 Å². The summed E-state index contributed by atoms with van der Waals surface area (Å²) in [5, 5.41) is 7.58. The first-order chi connectivity index (χ1) is 17.5. The maximum absolute atomic E-state index is 13.8. The van der Waals surface area contributed by atoms with Crippen molar-refractivity contribution in [2.75, 3.05) is 31.6 Å². The summed E-state index contributed by atoms with van der Waals surface area (Å²) in [6, 6.07) is 18.3. The molecule has 3 N–H and O–H groups in total. The first-order valence-electron chi connectivity index (χ1n) is 13.1. The van der Waals surface area contributed by atoms with Gasteiger partial charge in [0.05, 0.1) is 13.0 Å². The van der Waals surface area contributed by atoms with E-state index in [9.17, 15) is 9.59 Å². The molecule has 1 saturated carbocycles. The number of ether oxygens (including phenoxy) is 1. The largest absolute Gasteiger partial charge is 0.469 e. The number of nitrogens with one attached hydrogen (secondary N) is 1. The van der Waals surface area contributed by atoms with Crippen LogP contribution in [-0.2, 0) is 20.7 Å². The number of halogens is 1. The van der Waals surface area contributed by atoms with Crippen molar-refractivity contribution in [2.24, 2.45) is 17.6 Å². The molecule has 200 valence electrons. The predicted molar refractivity (Wildman–Crippen MR) is 149 cm³/mol. The number of hydrogen-bond acceptors (Lipinski definition) is 5. The van der Waals surface area contributed by atoms with Crippen LogP contribution in [0, 0.1) is 17.2 Å². The number of anilines is 1. The molecule has 0 unspecified atom stereocenters. The monoisotopic (exact) mass is 526 g/mol. The van der Waals surface area contributed by atoms with Gasteiger partial charge in [-0.05, 0) is 74.8 Å². The molecule has 0 bridgehead atoms. The van der Waals surface area contributed by atoms with Crippen LogP contribution in [0.4, 0.5) is 5.69 Å². The number of nitrogens with two attached hydrogens (primary N) is 1. The van der Waals surface area contributed by atoms with Crippen molar-refractivity contribution in [1.82, 2.24) is 4.90 Å². The van der Waals surface area contributed by atoms with Gasteiger partial charge in [0, 0.05) is 42.8 Å². The lowest BCUT2D eigenvalue weighted by Gasteiger charge is -2.40. The molecule has 4 rings (SSSR count). The van der Waals surface area contributed by atoms with Gasteiger partial charge in [0.25, 0.3) is 0 Å². The lowest BCUT2D eigenvalue weighted by molar-refractivity contribution is -0.147. The quantitative estimate of drug-likeness (QED) is 0.301. The normalized spacial score (nSPS) is 20.0. The van der Waals surface area contributed by atoms with Crippen molar-refractivity contribution >= 4 is 35.8 Å². The molecule has 0 radical (unpaired) electrons. The maximum atomic E-state index is 13.8. The Morgan fingerprint density at radius 3 is 2.14 bits per heavy atom. The van der Waals surface area contributed by atoms with E-state index < -0.39 is 0 Å². The number of esters is 1. The molecule has 0 aromatic heterocycles. The van der Waals surface area contributed by atoms with E-state index in [4.69, 9.17) is 15.9 Å². The van der Waals surface area contributed by atoms with Gasteiger partial charge in [0.1, 0.15) is 5.84 Å². The Balaban J connectivity index is 0.00000380. The number of carbonyl (C=O) groups is 2. The third-order valence-electron chi connectivity index (χ3n) is 7.83. The Hall–Kier alpha value is -3.06. The van der Waals surface area contributed by atoms with E-state index in [1.165, 1.54) is 12.7 Å². The summed E-state index contributed by atoms with van der Waals surface area (Å²) in [6.45, 7) is 2.37. The van der Waals surface area contributed by atoms with Crippen LogP contribution in [0.1, 0.15) is 49.7 Å². The highest BCUT2D eigenvalue weighted by molar-refractivity contribution is 5.95. The van der Waals surface area contributed by atoms with Crippen LogP contribution >= 0.6 is 12.4 Å². The van der Waals surface area contributed by atoms with Gasteiger partial charge in [-0.15, -0.1) is 12.4 Å². The average Bonchev–Trinajstić information content (AvgIpc) is 2.93. The number of rotatable bonds is 8. The van der Waals surface area contributed by atoms with E-state index in [1.54, 1.807) is 0 Å². The fourth-order valence-electron chi connectivity index (χ4n) is 5.63. The topological polar surface area (TPSA) is 99.7 Å². The number of benzene rings is 2. The van der Waals surface area contributed by atoms with E-state index in [0.29, 0.717) is 6.54 Å². The summed E-state index contributed by atoms with van der Waals surface area (Å²) in [6.07, 6.45) is 5.75. The zero-order valence-electron chi connectivity index (χ0n) is 21.6. The molecule has 2 aromatic rings. The lowest BCUT2D eigenvalue weighted by atomic mass is 9.84. The van der Waals surface area contributed by atoms with Gasteiger partial charge in [-0.2, -0.15) is 0 Å². The Bertz CT molecular complexity index is 1030. The minimum Gasteiger partial charge on any atom is -0.469 e. The molecule has 1 heterocycles. The highest BCUT2D eigenvalue weighted by atomic mass is 35.5. The number of nitrogen functional groups attached to an aromatic ring is 1. The van der Waals surface area contributed by atoms with Gasteiger partial charge in [-0.25, -0.2) is 0 Å². The highest BCUT2D eigenvalue weighted by Crippen LogP contribution is 2.31. The second-order valence-corrected chi connectivity index (χ2v) is 10.0. The van der Waals surface area contributed by atoms with Crippen molar-refractivity contribution in [3.05, 3.63) is 65.7 Å². The molecule has 37 heavy (non-hydrogen) atoms. The zero-order chi connectivity index (χ0) is 25.5. The number of piperidine rings is 1. The average molecular weight is 527 g/mol. The van der Waals surface area contributed by atoms with Crippen molar-refractivity contribution < 1.29 is 14.3 Å². The molecule has 1 saturated heterocycles. The molecule has 2 fully saturated rings. The molecule has 7 nitrogen and oxygen atoms in total. The SMILES string of the molecule is COC(=O)C1CCC(N(CCc2ccccc2)C(=O)C2CCN(c3ccc(C(=N)N)cc3)CC2)CC1.Cl. The van der Waals surface area contributed by atoms with Gasteiger partial charge in [0.2, 0.25) is 5.91 Å². The molecule has 1 aliphatic carbocycles. The van der Waals surface area contributed by atoms with E-state index in [1.807, 2.05) is 42.5 Å². The van der Waals surface area contributed by atoms with Gasteiger partial charge in [-0.1, -0.05) is 30.3 Å². The standard InChI is InChI=1S/C29H38N4O3.ClH/c1-36-29(35)24-9-13-26(14-10-24)33(20-15-21-5-3-2-4-6-21)28(34)23-16-18-32(19-17-23)25-11-7-22(8-12-25)27(30)31;/h2-8,11-12,23-24,26H,9-10,13-20H2,1H3,(H3,30,31);1H. The van der Waals surface area contributed by atoms with Crippen molar-refractivity contribution in [3.63, 3.8) is 0 Å². The molecule has 0 atom stereocenters. The Morgan fingerprint density at radius 1 is 0.946 bits per heavy atom.